The second kappa shape index (κ2) is 6.85. The molecule has 4 rings (SSSR count). The molecule has 1 aliphatic rings. The van der Waals surface area contributed by atoms with Gasteiger partial charge in [-0.2, -0.15) is 5.26 Å². The van der Waals surface area contributed by atoms with Crippen molar-refractivity contribution in [3.8, 4) is 16.0 Å². The molecule has 0 saturated carbocycles. The van der Waals surface area contributed by atoms with Crippen LogP contribution >= 0.6 is 34.0 Å². The number of carbonyl (C=O) groups is 2. The quantitative estimate of drug-likeness (QED) is 0.463. The second-order valence-electron chi connectivity index (χ2n) is 5.84. The number of amides is 2. The van der Waals surface area contributed by atoms with Gasteiger partial charge in [0.25, 0.3) is 11.8 Å². The molecule has 3 aromatic rings. The van der Waals surface area contributed by atoms with Gasteiger partial charge in [0.05, 0.1) is 9.58 Å². The molecule has 4 heterocycles. The molecular formula is C19H13N3O2S3. The number of thiophene rings is 2. The average molecular weight is 412 g/mol. The first kappa shape index (κ1) is 17.8. The Hall–Kier alpha value is -2.60. The van der Waals surface area contributed by atoms with E-state index in [9.17, 15) is 14.9 Å². The number of hydrogen-bond donors (Lipinski definition) is 0. The second-order valence-corrected chi connectivity index (χ2v) is 8.88. The van der Waals surface area contributed by atoms with E-state index in [4.69, 9.17) is 0 Å². The Bertz CT molecular complexity index is 1140. The van der Waals surface area contributed by atoms with Gasteiger partial charge in [-0.15, -0.1) is 34.0 Å². The summed E-state index contributed by atoms with van der Waals surface area (Å²) in [6.07, 6.45) is 1.76. The Morgan fingerprint density at radius 1 is 1.30 bits per heavy atom. The largest absolute Gasteiger partial charge is 0.274 e. The van der Waals surface area contributed by atoms with E-state index in [2.05, 4.69) is 4.98 Å². The first-order valence-corrected chi connectivity index (χ1v) is 10.7. The topological polar surface area (TPSA) is 74.1 Å². The van der Waals surface area contributed by atoms with Gasteiger partial charge < -0.3 is 0 Å². The SMILES string of the molecule is CCN1C(=O)C(C#N)=C(C)/C(=C/c2cc3sc(-c4cccs4)nc3s2)C1=O. The third-order valence-electron chi connectivity index (χ3n) is 4.27. The van der Waals surface area contributed by atoms with Gasteiger partial charge in [-0.05, 0) is 43.0 Å². The van der Waals surface area contributed by atoms with Gasteiger partial charge in [-0.1, -0.05) is 6.07 Å². The number of rotatable bonds is 3. The summed E-state index contributed by atoms with van der Waals surface area (Å²) in [7, 11) is 0. The molecule has 0 spiro atoms. The van der Waals surface area contributed by atoms with Gasteiger partial charge in [-0.25, -0.2) is 4.98 Å². The number of fused-ring (bicyclic) bond motifs is 1. The lowest BCUT2D eigenvalue weighted by Crippen LogP contribution is -2.42. The van der Waals surface area contributed by atoms with E-state index in [1.807, 2.05) is 29.6 Å². The van der Waals surface area contributed by atoms with Crippen LogP contribution in [0.2, 0.25) is 0 Å². The van der Waals surface area contributed by atoms with Gasteiger partial charge in [0.1, 0.15) is 21.5 Å². The normalized spacial score (nSPS) is 16.6. The lowest BCUT2D eigenvalue weighted by molar-refractivity contribution is -0.140. The molecule has 2 amide bonds. The zero-order valence-electron chi connectivity index (χ0n) is 14.5. The zero-order valence-corrected chi connectivity index (χ0v) is 16.9. The first-order valence-electron chi connectivity index (χ1n) is 8.17. The number of imide groups is 1. The minimum atomic E-state index is -0.519. The van der Waals surface area contributed by atoms with Crippen molar-refractivity contribution in [3.63, 3.8) is 0 Å². The Balaban J connectivity index is 1.77. The number of carbonyl (C=O) groups excluding carboxylic acids is 2. The van der Waals surface area contributed by atoms with Gasteiger partial charge in [-0.3, -0.25) is 14.5 Å². The fraction of sp³-hybridized carbons (Fsp3) is 0.158. The van der Waals surface area contributed by atoms with Crippen LogP contribution in [0.1, 0.15) is 18.7 Å². The van der Waals surface area contributed by atoms with Crippen molar-refractivity contribution in [2.24, 2.45) is 0 Å². The van der Waals surface area contributed by atoms with Crippen molar-refractivity contribution < 1.29 is 9.59 Å². The standard InChI is InChI=1S/C19H13N3O2S3/c1-3-22-18(23)12(10(2)13(9-20)19(22)24)7-11-8-15-17(26-11)21-16(27-15)14-5-4-6-25-14/h4-8H,3H2,1-2H3/b12-7-. The molecule has 5 nitrogen and oxygen atoms in total. The van der Waals surface area contributed by atoms with Crippen molar-refractivity contribution >= 4 is 61.4 Å². The molecule has 0 saturated heterocycles. The third-order valence-corrected chi connectivity index (χ3v) is 7.42. The van der Waals surface area contributed by atoms with Gasteiger partial charge in [0, 0.05) is 17.0 Å². The van der Waals surface area contributed by atoms with Crippen LogP contribution in [0.4, 0.5) is 0 Å². The smallest absolute Gasteiger partial charge is 0.271 e. The maximum atomic E-state index is 12.7. The molecule has 3 aromatic heterocycles. The zero-order chi connectivity index (χ0) is 19.1. The van der Waals surface area contributed by atoms with E-state index in [0.29, 0.717) is 11.1 Å². The lowest BCUT2D eigenvalue weighted by atomic mass is 9.95. The number of nitrogens with zero attached hydrogens (tertiary/aromatic N) is 3. The molecule has 134 valence electrons. The number of thiazole rings is 1. The number of nitriles is 1. The third kappa shape index (κ3) is 2.94. The molecule has 0 aromatic carbocycles. The summed E-state index contributed by atoms with van der Waals surface area (Å²) in [6.45, 7) is 3.61. The monoisotopic (exact) mass is 411 g/mol. The minimum Gasteiger partial charge on any atom is -0.274 e. The van der Waals surface area contributed by atoms with Crippen molar-refractivity contribution in [2.75, 3.05) is 6.54 Å². The van der Waals surface area contributed by atoms with Gasteiger partial charge in [0.15, 0.2) is 0 Å². The van der Waals surface area contributed by atoms with E-state index in [-0.39, 0.29) is 18.0 Å². The summed E-state index contributed by atoms with van der Waals surface area (Å²) in [5.74, 6) is -0.878. The molecule has 8 heteroatoms. The number of hydrogen-bond acceptors (Lipinski definition) is 7. The Kier molecular flexibility index (Phi) is 4.52. The minimum absolute atomic E-state index is 0.0270. The summed E-state index contributed by atoms with van der Waals surface area (Å²) in [5.41, 5.74) is 0.848. The van der Waals surface area contributed by atoms with E-state index in [1.165, 1.54) is 11.3 Å². The highest BCUT2D eigenvalue weighted by atomic mass is 32.1. The van der Waals surface area contributed by atoms with E-state index in [0.717, 1.165) is 29.2 Å². The van der Waals surface area contributed by atoms with Crippen molar-refractivity contribution in [2.45, 2.75) is 13.8 Å². The Morgan fingerprint density at radius 3 is 2.74 bits per heavy atom. The van der Waals surface area contributed by atoms with E-state index < -0.39 is 5.91 Å². The fourth-order valence-corrected chi connectivity index (χ4v) is 5.85. The molecular weight excluding hydrogens is 398 g/mol. The predicted octanol–water partition coefficient (Wildman–Crippen LogP) is 4.70. The number of likely N-dealkylation sites (N-methyl/N-ethyl adjacent to an activating group) is 1. The molecule has 0 N–H and O–H groups in total. The van der Waals surface area contributed by atoms with E-state index in [1.54, 1.807) is 42.6 Å². The molecule has 0 radical (unpaired) electrons. The van der Waals surface area contributed by atoms with Gasteiger partial charge in [0.2, 0.25) is 0 Å². The molecule has 0 atom stereocenters. The Labute approximate surface area is 167 Å². The van der Waals surface area contributed by atoms with Crippen LogP contribution in [-0.2, 0) is 9.59 Å². The summed E-state index contributed by atoms with van der Waals surface area (Å²) >= 11 is 4.77. The van der Waals surface area contributed by atoms with E-state index >= 15 is 0 Å². The highest BCUT2D eigenvalue weighted by molar-refractivity contribution is 7.30. The van der Waals surface area contributed by atoms with Crippen LogP contribution in [0.25, 0.3) is 25.5 Å². The van der Waals surface area contributed by atoms with Crippen molar-refractivity contribution in [1.82, 2.24) is 9.88 Å². The van der Waals surface area contributed by atoms with Crippen molar-refractivity contribution in [1.29, 1.82) is 5.26 Å². The predicted molar refractivity (Wildman–Crippen MR) is 109 cm³/mol. The van der Waals surface area contributed by atoms with Crippen molar-refractivity contribution in [3.05, 3.63) is 45.2 Å². The molecule has 0 bridgehead atoms. The highest BCUT2D eigenvalue weighted by Crippen LogP contribution is 2.38. The maximum absolute atomic E-state index is 12.7. The average Bonchev–Trinajstić information content (AvgIpc) is 3.35. The van der Waals surface area contributed by atoms with Crippen LogP contribution in [0.15, 0.2) is 40.3 Å². The van der Waals surface area contributed by atoms with Crippen LogP contribution in [0.3, 0.4) is 0 Å². The molecule has 0 unspecified atom stereocenters. The molecule has 0 aliphatic carbocycles. The van der Waals surface area contributed by atoms with Crippen LogP contribution in [0, 0.1) is 11.3 Å². The van der Waals surface area contributed by atoms with Crippen LogP contribution in [0.5, 0.6) is 0 Å². The number of aromatic nitrogens is 1. The highest BCUT2D eigenvalue weighted by Gasteiger charge is 2.34. The summed E-state index contributed by atoms with van der Waals surface area (Å²) in [4.78, 5) is 33.7. The molecule has 1 aliphatic heterocycles. The summed E-state index contributed by atoms with van der Waals surface area (Å²) in [6, 6.07) is 7.99. The van der Waals surface area contributed by atoms with Crippen LogP contribution in [-0.4, -0.2) is 28.2 Å². The van der Waals surface area contributed by atoms with Crippen LogP contribution < -0.4 is 0 Å². The van der Waals surface area contributed by atoms with Gasteiger partial charge >= 0.3 is 0 Å². The maximum Gasteiger partial charge on any atom is 0.271 e. The fourth-order valence-electron chi connectivity index (χ4n) is 2.89. The summed E-state index contributed by atoms with van der Waals surface area (Å²) in [5, 5.41) is 12.3. The lowest BCUT2D eigenvalue weighted by Gasteiger charge is -2.26. The Morgan fingerprint density at radius 2 is 2.11 bits per heavy atom. The molecule has 27 heavy (non-hydrogen) atoms. The first-order chi connectivity index (χ1) is 13.0. The molecule has 0 fully saturated rings. The summed E-state index contributed by atoms with van der Waals surface area (Å²) < 4.78 is 1.06.